The van der Waals surface area contributed by atoms with Crippen LogP contribution in [0.5, 0.6) is 5.75 Å². The molecule has 6 nitrogen and oxygen atoms in total. The molecular weight excluding hydrogens is 314 g/mol. The second-order valence-electron chi connectivity index (χ2n) is 5.20. The third-order valence-electron chi connectivity index (χ3n) is 3.12. The van der Waals surface area contributed by atoms with Gasteiger partial charge in [0.1, 0.15) is 17.4 Å². The van der Waals surface area contributed by atoms with Gasteiger partial charge in [0.05, 0.1) is 6.61 Å². The number of hydrogen-bond acceptors (Lipinski definition) is 6. The number of hydrogen-bond donors (Lipinski definition) is 1. The van der Waals surface area contributed by atoms with Crippen molar-refractivity contribution in [1.29, 1.82) is 0 Å². The van der Waals surface area contributed by atoms with Crippen LogP contribution in [-0.4, -0.2) is 29.8 Å². The van der Waals surface area contributed by atoms with E-state index in [-0.39, 0.29) is 5.91 Å². The number of ether oxygens (including phenoxy) is 2. The van der Waals surface area contributed by atoms with E-state index in [1.165, 1.54) is 16.9 Å². The van der Waals surface area contributed by atoms with Crippen LogP contribution in [0.15, 0.2) is 18.2 Å². The van der Waals surface area contributed by atoms with Crippen LogP contribution in [0.25, 0.3) is 0 Å². The highest BCUT2D eigenvalue weighted by atomic mass is 32.1. The van der Waals surface area contributed by atoms with Crippen LogP contribution >= 0.6 is 11.3 Å². The summed E-state index contributed by atoms with van der Waals surface area (Å²) in [4.78, 5) is 11.8. The van der Waals surface area contributed by atoms with E-state index in [4.69, 9.17) is 9.47 Å². The van der Waals surface area contributed by atoms with E-state index < -0.39 is 0 Å². The zero-order chi connectivity index (χ0) is 16.7. The summed E-state index contributed by atoms with van der Waals surface area (Å²) in [5.41, 5.74) is 2.31. The highest BCUT2D eigenvalue weighted by Crippen LogP contribution is 2.19. The van der Waals surface area contributed by atoms with Crippen LogP contribution in [0.4, 0.5) is 5.13 Å². The topological polar surface area (TPSA) is 73.3 Å². The number of benzene rings is 1. The predicted octanol–water partition coefficient (Wildman–Crippen LogP) is 3.10. The molecule has 0 aliphatic rings. The highest BCUT2D eigenvalue weighted by molar-refractivity contribution is 7.15. The fraction of sp³-hybridized carbons (Fsp3) is 0.438. The molecule has 0 aliphatic carbocycles. The quantitative estimate of drug-likeness (QED) is 0.750. The maximum atomic E-state index is 11.8. The molecule has 0 unspecified atom stereocenters. The van der Waals surface area contributed by atoms with Crippen LogP contribution in [0.2, 0.25) is 0 Å². The Morgan fingerprint density at radius 1 is 1.30 bits per heavy atom. The fourth-order valence-electron chi connectivity index (χ4n) is 2.04. The van der Waals surface area contributed by atoms with Crippen molar-refractivity contribution < 1.29 is 14.3 Å². The molecule has 1 aromatic heterocycles. The summed E-state index contributed by atoms with van der Waals surface area (Å²) in [7, 11) is 1.59. The van der Waals surface area contributed by atoms with Crippen molar-refractivity contribution in [3.05, 3.63) is 34.3 Å². The molecule has 1 aromatic carbocycles. The van der Waals surface area contributed by atoms with Gasteiger partial charge in [-0.1, -0.05) is 29.0 Å². The number of aryl methyl sites for hydroxylation is 2. The van der Waals surface area contributed by atoms with Gasteiger partial charge in [0, 0.05) is 13.5 Å². The van der Waals surface area contributed by atoms with Crippen LogP contribution < -0.4 is 10.1 Å². The summed E-state index contributed by atoms with van der Waals surface area (Å²) in [6, 6.07) is 6.06. The summed E-state index contributed by atoms with van der Waals surface area (Å²) in [5.74, 6) is 0.777. The maximum absolute atomic E-state index is 11.8. The van der Waals surface area contributed by atoms with Crippen molar-refractivity contribution >= 4 is 22.4 Å². The minimum Gasteiger partial charge on any atom is -0.493 e. The van der Waals surface area contributed by atoms with E-state index in [0.717, 1.165) is 16.3 Å². The Hall–Kier alpha value is -1.99. The molecule has 1 N–H and O–H groups in total. The Morgan fingerprint density at radius 3 is 2.87 bits per heavy atom. The standard InChI is InChI=1S/C16H21N3O3S/c1-11-6-7-13(12(2)9-11)22-8-4-5-14(20)17-16-19-18-15(23-16)10-21-3/h6-7,9H,4-5,8,10H2,1-3H3,(H,17,19,20). The van der Waals surface area contributed by atoms with E-state index in [0.29, 0.717) is 31.2 Å². The summed E-state index contributed by atoms with van der Waals surface area (Å²) in [5, 5.41) is 11.8. The average Bonchev–Trinajstić information content (AvgIpc) is 2.93. The molecule has 0 bridgehead atoms. The fourth-order valence-corrected chi connectivity index (χ4v) is 2.77. The molecule has 0 spiro atoms. The van der Waals surface area contributed by atoms with Gasteiger partial charge in [-0.3, -0.25) is 4.79 Å². The lowest BCUT2D eigenvalue weighted by atomic mass is 10.1. The Labute approximate surface area is 139 Å². The van der Waals surface area contributed by atoms with Crippen LogP contribution in [0, 0.1) is 13.8 Å². The summed E-state index contributed by atoms with van der Waals surface area (Å²) >= 11 is 1.31. The third-order valence-corrected chi connectivity index (χ3v) is 3.93. The van der Waals surface area contributed by atoms with Gasteiger partial charge in [-0.05, 0) is 31.9 Å². The van der Waals surface area contributed by atoms with Gasteiger partial charge in [-0.25, -0.2) is 0 Å². The molecule has 2 rings (SSSR count). The van der Waals surface area contributed by atoms with Crippen molar-refractivity contribution in [2.75, 3.05) is 19.0 Å². The molecule has 7 heteroatoms. The molecule has 1 heterocycles. The molecule has 0 aliphatic heterocycles. The van der Waals surface area contributed by atoms with Crippen molar-refractivity contribution in [3.8, 4) is 5.75 Å². The second-order valence-corrected chi connectivity index (χ2v) is 6.27. The predicted molar refractivity (Wildman–Crippen MR) is 89.9 cm³/mol. The minimum atomic E-state index is -0.0886. The summed E-state index contributed by atoms with van der Waals surface area (Å²) in [6.45, 7) is 4.97. The molecule has 23 heavy (non-hydrogen) atoms. The van der Waals surface area contributed by atoms with Crippen molar-refractivity contribution in [1.82, 2.24) is 10.2 Å². The van der Waals surface area contributed by atoms with Gasteiger partial charge in [-0.2, -0.15) is 0 Å². The van der Waals surface area contributed by atoms with Gasteiger partial charge < -0.3 is 14.8 Å². The number of rotatable bonds is 8. The van der Waals surface area contributed by atoms with Gasteiger partial charge >= 0.3 is 0 Å². The molecule has 0 fully saturated rings. The van der Waals surface area contributed by atoms with Crippen molar-refractivity contribution in [2.45, 2.75) is 33.3 Å². The van der Waals surface area contributed by atoms with Crippen LogP contribution in [-0.2, 0) is 16.1 Å². The lowest BCUT2D eigenvalue weighted by Gasteiger charge is -2.09. The van der Waals surface area contributed by atoms with E-state index in [1.807, 2.05) is 26.0 Å². The maximum Gasteiger partial charge on any atom is 0.226 e. The number of methoxy groups -OCH3 is 1. The van der Waals surface area contributed by atoms with E-state index in [2.05, 4.69) is 21.6 Å². The number of nitrogens with zero attached hydrogens (tertiary/aromatic N) is 2. The number of amides is 1. The van der Waals surface area contributed by atoms with Gasteiger partial charge in [0.25, 0.3) is 0 Å². The van der Waals surface area contributed by atoms with Gasteiger partial charge in [0.2, 0.25) is 11.0 Å². The molecule has 0 radical (unpaired) electrons. The zero-order valence-corrected chi connectivity index (χ0v) is 14.4. The Kier molecular flexibility index (Phi) is 6.49. The largest absolute Gasteiger partial charge is 0.493 e. The number of carbonyl (C=O) groups excluding carboxylic acids is 1. The molecule has 2 aromatic rings. The Balaban J connectivity index is 1.70. The molecule has 1 amide bonds. The van der Waals surface area contributed by atoms with Crippen LogP contribution in [0.1, 0.15) is 29.0 Å². The van der Waals surface area contributed by atoms with Gasteiger partial charge in [0.15, 0.2) is 0 Å². The van der Waals surface area contributed by atoms with Crippen molar-refractivity contribution in [2.24, 2.45) is 0 Å². The first-order valence-corrected chi connectivity index (χ1v) is 8.21. The minimum absolute atomic E-state index is 0.0886. The third kappa shape index (κ3) is 5.61. The number of aromatic nitrogens is 2. The smallest absolute Gasteiger partial charge is 0.226 e. The van der Waals surface area contributed by atoms with Gasteiger partial charge in [-0.15, -0.1) is 10.2 Å². The first kappa shape index (κ1) is 17.4. The molecular formula is C16H21N3O3S. The zero-order valence-electron chi connectivity index (χ0n) is 13.6. The number of anilines is 1. The molecule has 0 saturated heterocycles. The first-order valence-electron chi connectivity index (χ1n) is 7.39. The lowest BCUT2D eigenvalue weighted by Crippen LogP contribution is -2.12. The first-order chi connectivity index (χ1) is 11.1. The van der Waals surface area contributed by atoms with Crippen LogP contribution in [0.3, 0.4) is 0 Å². The summed E-state index contributed by atoms with van der Waals surface area (Å²) in [6.07, 6.45) is 1.02. The Bertz CT molecular complexity index is 658. The SMILES string of the molecule is COCc1nnc(NC(=O)CCCOc2ccc(C)cc2C)s1. The monoisotopic (exact) mass is 335 g/mol. The van der Waals surface area contributed by atoms with Crippen molar-refractivity contribution in [3.63, 3.8) is 0 Å². The molecule has 0 saturated carbocycles. The summed E-state index contributed by atoms with van der Waals surface area (Å²) < 4.78 is 10.7. The van der Waals surface area contributed by atoms with E-state index in [9.17, 15) is 4.79 Å². The molecule has 0 atom stereocenters. The lowest BCUT2D eigenvalue weighted by molar-refractivity contribution is -0.116. The highest BCUT2D eigenvalue weighted by Gasteiger charge is 2.08. The van der Waals surface area contributed by atoms with E-state index >= 15 is 0 Å². The van der Waals surface area contributed by atoms with E-state index in [1.54, 1.807) is 7.11 Å². The normalized spacial score (nSPS) is 10.6. The Morgan fingerprint density at radius 2 is 2.13 bits per heavy atom. The molecule has 124 valence electrons. The number of carbonyl (C=O) groups is 1. The average molecular weight is 335 g/mol. The second kappa shape index (κ2) is 8.59. The number of nitrogens with one attached hydrogen (secondary N) is 1.